The summed E-state index contributed by atoms with van der Waals surface area (Å²) in [5.41, 5.74) is 5.66. The molecule has 3 N–H and O–H groups in total. The van der Waals surface area contributed by atoms with Gasteiger partial charge >= 0.3 is 0 Å². The van der Waals surface area contributed by atoms with Crippen molar-refractivity contribution in [2.45, 2.75) is 32.2 Å². The predicted molar refractivity (Wildman–Crippen MR) is 83.0 cm³/mol. The third kappa shape index (κ3) is 3.24. The number of hydrogen-bond acceptors (Lipinski definition) is 3. The van der Waals surface area contributed by atoms with Crippen molar-refractivity contribution in [2.75, 3.05) is 0 Å². The summed E-state index contributed by atoms with van der Waals surface area (Å²) < 4.78 is 0. The van der Waals surface area contributed by atoms with Gasteiger partial charge in [0.2, 0.25) is 0 Å². The number of nitrogens with one attached hydrogen (secondary N) is 1. The fraction of sp³-hybridized carbons (Fsp3) is 0.375. The fourth-order valence-electron chi connectivity index (χ4n) is 2.64. The standard InChI is InChI=1S/C16H22N2S/c1-3-12(2)15(13-7-5-4-6-8-13)16(18-17)14-9-10-19-11-14/h4-12,15-16,18H,3,17H2,1-2H3. The first-order valence-electron chi connectivity index (χ1n) is 6.81. The van der Waals surface area contributed by atoms with Crippen LogP contribution in [0.5, 0.6) is 0 Å². The van der Waals surface area contributed by atoms with Crippen LogP contribution < -0.4 is 11.3 Å². The van der Waals surface area contributed by atoms with E-state index < -0.39 is 0 Å². The molecule has 0 saturated carbocycles. The lowest BCUT2D eigenvalue weighted by atomic mass is 9.78. The molecule has 2 aromatic rings. The Morgan fingerprint density at radius 2 is 1.89 bits per heavy atom. The topological polar surface area (TPSA) is 38.0 Å². The first-order valence-corrected chi connectivity index (χ1v) is 7.75. The van der Waals surface area contributed by atoms with E-state index in [2.05, 4.69) is 66.4 Å². The number of nitrogens with two attached hydrogens (primary N) is 1. The van der Waals surface area contributed by atoms with Crippen molar-refractivity contribution in [3.8, 4) is 0 Å². The van der Waals surface area contributed by atoms with Crippen LogP contribution in [0.4, 0.5) is 0 Å². The van der Waals surface area contributed by atoms with Crippen LogP contribution in [0.15, 0.2) is 47.2 Å². The Labute approximate surface area is 119 Å². The van der Waals surface area contributed by atoms with Crippen molar-refractivity contribution in [1.29, 1.82) is 0 Å². The second-order valence-electron chi connectivity index (χ2n) is 5.02. The maximum atomic E-state index is 5.85. The van der Waals surface area contributed by atoms with E-state index >= 15 is 0 Å². The van der Waals surface area contributed by atoms with Crippen LogP contribution in [0.2, 0.25) is 0 Å². The summed E-state index contributed by atoms with van der Waals surface area (Å²) in [5.74, 6) is 6.82. The summed E-state index contributed by atoms with van der Waals surface area (Å²) in [6, 6.07) is 13.0. The Balaban J connectivity index is 2.37. The average Bonchev–Trinajstić information content (AvgIpc) is 2.98. The molecular weight excluding hydrogens is 252 g/mol. The van der Waals surface area contributed by atoms with E-state index in [9.17, 15) is 0 Å². The van der Waals surface area contributed by atoms with Crippen LogP contribution in [0.1, 0.15) is 43.4 Å². The third-order valence-corrected chi connectivity index (χ3v) is 4.58. The lowest BCUT2D eigenvalue weighted by Crippen LogP contribution is -2.34. The SMILES string of the molecule is CCC(C)C(c1ccccc1)C(NN)c1ccsc1. The van der Waals surface area contributed by atoms with Gasteiger partial charge in [-0.1, -0.05) is 50.6 Å². The van der Waals surface area contributed by atoms with Crippen molar-refractivity contribution < 1.29 is 0 Å². The van der Waals surface area contributed by atoms with Gasteiger partial charge in [-0.15, -0.1) is 0 Å². The molecule has 19 heavy (non-hydrogen) atoms. The Morgan fingerprint density at radius 1 is 1.16 bits per heavy atom. The maximum Gasteiger partial charge on any atom is 0.0539 e. The maximum absolute atomic E-state index is 5.85. The van der Waals surface area contributed by atoms with Crippen LogP contribution in [0, 0.1) is 5.92 Å². The highest BCUT2D eigenvalue weighted by molar-refractivity contribution is 7.07. The molecule has 1 aromatic heterocycles. The van der Waals surface area contributed by atoms with Gasteiger partial charge in [-0.3, -0.25) is 11.3 Å². The molecule has 3 heteroatoms. The molecule has 0 radical (unpaired) electrons. The Hall–Kier alpha value is -1.16. The van der Waals surface area contributed by atoms with Gasteiger partial charge in [0.25, 0.3) is 0 Å². The minimum Gasteiger partial charge on any atom is -0.271 e. The molecule has 0 aliphatic heterocycles. The van der Waals surface area contributed by atoms with Gasteiger partial charge in [0.1, 0.15) is 0 Å². The second-order valence-corrected chi connectivity index (χ2v) is 5.80. The van der Waals surface area contributed by atoms with E-state index in [1.807, 2.05) is 0 Å². The predicted octanol–water partition coefficient (Wildman–Crippen LogP) is 4.08. The number of rotatable bonds is 6. The van der Waals surface area contributed by atoms with E-state index in [0.717, 1.165) is 6.42 Å². The van der Waals surface area contributed by atoms with Gasteiger partial charge in [0.05, 0.1) is 6.04 Å². The van der Waals surface area contributed by atoms with Crippen LogP contribution in [0.3, 0.4) is 0 Å². The first kappa shape index (κ1) is 14.3. The minimum atomic E-state index is 0.170. The summed E-state index contributed by atoms with van der Waals surface area (Å²) in [5, 5.41) is 4.29. The normalized spacial score (nSPS) is 15.9. The van der Waals surface area contributed by atoms with Crippen molar-refractivity contribution in [3.05, 3.63) is 58.3 Å². The summed E-state index contributed by atoms with van der Waals surface area (Å²) in [4.78, 5) is 0. The van der Waals surface area contributed by atoms with Gasteiger partial charge in [-0.25, -0.2) is 0 Å². The zero-order valence-corrected chi connectivity index (χ0v) is 12.4. The fourth-order valence-corrected chi connectivity index (χ4v) is 3.33. The monoisotopic (exact) mass is 274 g/mol. The number of hydrogen-bond donors (Lipinski definition) is 2. The average molecular weight is 274 g/mol. The van der Waals surface area contributed by atoms with Crippen molar-refractivity contribution in [3.63, 3.8) is 0 Å². The van der Waals surface area contributed by atoms with E-state index in [1.165, 1.54) is 11.1 Å². The molecule has 0 saturated heterocycles. The van der Waals surface area contributed by atoms with Crippen LogP contribution in [-0.2, 0) is 0 Å². The van der Waals surface area contributed by atoms with E-state index in [0.29, 0.717) is 11.8 Å². The zero-order valence-electron chi connectivity index (χ0n) is 11.5. The minimum absolute atomic E-state index is 0.170. The van der Waals surface area contributed by atoms with Gasteiger partial charge in [-0.05, 0) is 33.9 Å². The molecule has 2 rings (SSSR count). The van der Waals surface area contributed by atoms with Crippen molar-refractivity contribution in [2.24, 2.45) is 11.8 Å². The molecule has 0 amide bonds. The summed E-state index contributed by atoms with van der Waals surface area (Å²) in [6.07, 6.45) is 1.14. The molecule has 0 aliphatic carbocycles. The van der Waals surface area contributed by atoms with Gasteiger partial charge < -0.3 is 0 Å². The van der Waals surface area contributed by atoms with Gasteiger partial charge in [0, 0.05) is 5.92 Å². The molecule has 3 unspecified atom stereocenters. The zero-order chi connectivity index (χ0) is 13.7. The molecule has 3 atom stereocenters. The molecule has 102 valence electrons. The molecule has 0 aliphatic rings. The van der Waals surface area contributed by atoms with Crippen LogP contribution >= 0.6 is 11.3 Å². The number of thiophene rings is 1. The lowest BCUT2D eigenvalue weighted by Gasteiger charge is -2.31. The number of benzene rings is 1. The highest BCUT2D eigenvalue weighted by Crippen LogP contribution is 2.38. The van der Waals surface area contributed by atoms with E-state index in [4.69, 9.17) is 5.84 Å². The molecule has 0 fully saturated rings. The summed E-state index contributed by atoms with van der Waals surface area (Å²) in [7, 11) is 0. The smallest absolute Gasteiger partial charge is 0.0539 e. The van der Waals surface area contributed by atoms with E-state index in [1.54, 1.807) is 11.3 Å². The largest absolute Gasteiger partial charge is 0.271 e. The van der Waals surface area contributed by atoms with Gasteiger partial charge in [-0.2, -0.15) is 11.3 Å². The third-order valence-electron chi connectivity index (χ3n) is 3.88. The first-order chi connectivity index (χ1) is 9.27. The van der Waals surface area contributed by atoms with Crippen molar-refractivity contribution in [1.82, 2.24) is 5.43 Å². The Morgan fingerprint density at radius 3 is 2.42 bits per heavy atom. The van der Waals surface area contributed by atoms with Crippen LogP contribution in [0.25, 0.3) is 0 Å². The molecule has 0 bridgehead atoms. The molecule has 2 nitrogen and oxygen atoms in total. The highest BCUT2D eigenvalue weighted by atomic mass is 32.1. The Kier molecular flexibility index (Phi) is 5.14. The second kappa shape index (κ2) is 6.85. The van der Waals surface area contributed by atoms with Crippen molar-refractivity contribution >= 4 is 11.3 Å². The Bertz CT molecular complexity index is 467. The molecule has 1 aromatic carbocycles. The molecule has 1 heterocycles. The summed E-state index contributed by atoms with van der Waals surface area (Å²) in [6.45, 7) is 4.54. The molecule has 0 spiro atoms. The highest BCUT2D eigenvalue weighted by Gasteiger charge is 2.28. The lowest BCUT2D eigenvalue weighted by molar-refractivity contribution is 0.344. The van der Waals surface area contributed by atoms with Gasteiger partial charge in [0.15, 0.2) is 0 Å². The quantitative estimate of drug-likeness (QED) is 0.615. The van der Waals surface area contributed by atoms with Crippen LogP contribution in [-0.4, -0.2) is 0 Å². The molecular formula is C16H22N2S. The summed E-state index contributed by atoms with van der Waals surface area (Å²) >= 11 is 1.72. The van der Waals surface area contributed by atoms with E-state index in [-0.39, 0.29) is 6.04 Å². The number of hydrazine groups is 1.